The Morgan fingerprint density at radius 1 is 1.09 bits per heavy atom. The van der Waals surface area contributed by atoms with Crippen molar-refractivity contribution in [3.63, 3.8) is 0 Å². The Morgan fingerprint density at radius 2 is 1.64 bits per heavy atom. The van der Waals surface area contributed by atoms with Gasteiger partial charge in [-0.3, -0.25) is 0 Å². The number of carbonyl (C=O) groups excluding carboxylic acids is 1. The maximum atomic E-state index is 11.8. The lowest BCUT2D eigenvalue weighted by atomic mass is 10.4. The predicted molar refractivity (Wildman–Crippen MR) is 90.1 cm³/mol. The third-order valence-electron chi connectivity index (χ3n) is 3.03. The second-order valence-corrected chi connectivity index (χ2v) is 8.12. The Bertz CT molecular complexity index is 465. The summed E-state index contributed by atoms with van der Waals surface area (Å²) in [4.78, 5) is 11.8. The van der Waals surface area contributed by atoms with Crippen LogP contribution in [0.15, 0.2) is 42.5 Å². The molecule has 0 unspecified atom stereocenters. The quantitative estimate of drug-likeness (QED) is 0.377. The van der Waals surface area contributed by atoms with Crippen LogP contribution in [0.2, 0.25) is 0 Å². The minimum Gasteiger partial charge on any atom is -0.460 e. The normalized spacial score (nSPS) is 11.2. The van der Waals surface area contributed by atoms with E-state index in [1.54, 1.807) is 6.92 Å². The van der Waals surface area contributed by atoms with Crippen LogP contribution >= 0.6 is 0 Å². The fourth-order valence-electron chi connectivity index (χ4n) is 1.88. The average molecular weight is 322 g/mol. The molecular weight excluding hydrogens is 296 g/mol. The summed E-state index contributed by atoms with van der Waals surface area (Å²) in [5.74, 6) is -0.409. The second-order valence-electron chi connectivity index (χ2n) is 5.17. The summed E-state index contributed by atoms with van der Waals surface area (Å²) in [5.41, 5.74) is 0.377. The molecule has 0 N–H and O–H groups in total. The van der Waals surface area contributed by atoms with Crippen molar-refractivity contribution in [3.8, 4) is 0 Å². The number of esters is 1. The predicted octanol–water partition coefficient (Wildman–Crippen LogP) is 2.85. The zero-order valence-corrected chi connectivity index (χ0v) is 14.8. The highest BCUT2D eigenvalue weighted by atomic mass is 28.4. The van der Waals surface area contributed by atoms with Gasteiger partial charge in [-0.1, -0.05) is 50.8 Å². The lowest BCUT2D eigenvalue weighted by Gasteiger charge is -2.30. The monoisotopic (exact) mass is 322 g/mol. The first-order valence-electron chi connectivity index (χ1n) is 7.71. The van der Waals surface area contributed by atoms with Gasteiger partial charge in [0.05, 0.1) is 0 Å². The molecule has 0 aliphatic carbocycles. The van der Waals surface area contributed by atoms with Gasteiger partial charge in [-0.25, -0.2) is 4.79 Å². The zero-order chi connectivity index (χ0) is 16.4. The van der Waals surface area contributed by atoms with E-state index < -0.39 is 14.5 Å². The van der Waals surface area contributed by atoms with Crippen LogP contribution in [-0.2, 0) is 18.4 Å². The van der Waals surface area contributed by atoms with E-state index in [9.17, 15) is 4.79 Å². The molecule has 0 atom stereocenters. The van der Waals surface area contributed by atoms with Crippen molar-refractivity contribution in [2.45, 2.75) is 33.6 Å². The van der Waals surface area contributed by atoms with Crippen molar-refractivity contribution in [2.75, 3.05) is 19.4 Å². The molecule has 0 fully saturated rings. The molecule has 1 rings (SSSR count). The topological polar surface area (TPSA) is 44.8 Å². The molecule has 0 saturated heterocycles. The highest BCUT2D eigenvalue weighted by molar-refractivity contribution is 6.81. The number of hydrogen-bond acceptors (Lipinski definition) is 4. The number of benzene rings is 1. The van der Waals surface area contributed by atoms with Crippen LogP contribution in [0.3, 0.4) is 0 Å². The van der Waals surface area contributed by atoms with Gasteiger partial charge in [-0.2, -0.15) is 0 Å². The van der Waals surface area contributed by atoms with Crippen molar-refractivity contribution in [1.29, 1.82) is 0 Å². The summed E-state index contributed by atoms with van der Waals surface area (Å²) in [6.07, 6.45) is 1.90. The van der Waals surface area contributed by atoms with E-state index in [4.69, 9.17) is 13.6 Å². The molecule has 22 heavy (non-hydrogen) atoms. The van der Waals surface area contributed by atoms with Crippen LogP contribution in [0, 0.1) is 0 Å². The largest absolute Gasteiger partial charge is 0.460 e. The molecule has 0 radical (unpaired) electrons. The molecule has 0 saturated carbocycles. The van der Waals surface area contributed by atoms with Gasteiger partial charge in [0.2, 0.25) is 0 Å². The van der Waals surface area contributed by atoms with Crippen LogP contribution in [0.5, 0.6) is 0 Å². The van der Waals surface area contributed by atoms with Gasteiger partial charge < -0.3 is 13.6 Å². The second kappa shape index (κ2) is 9.56. The Labute approximate surface area is 134 Å². The molecule has 1 aromatic carbocycles. The lowest BCUT2D eigenvalue weighted by molar-refractivity contribution is -0.138. The van der Waals surface area contributed by atoms with Gasteiger partial charge in [0.15, 0.2) is 0 Å². The van der Waals surface area contributed by atoms with E-state index in [-0.39, 0.29) is 6.23 Å². The molecule has 0 aliphatic rings. The van der Waals surface area contributed by atoms with Gasteiger partial charge in [0.1, 0.15) is 6.23 Å². The summed E-state index contributed by atoms with van der Waals surface area (Å²) in [6, 6.07) is 9.80. The highest BCUT2D eigenvalue weighted by Gasteiger charge is 2.42. The van der Waals surface area contributed by atoms with Gasteiger partial charge in [-0.05, 0) is 25.0 Å². The molecule has 4 nitrogen and oxygen atoms in total. The summed E-state index contributed by atoms with van der Waals surface area (Å²) < 4.78 is 17.6. The Balaban J connectivity index is 3.02. The summed E-state index contributed by atoms with van der Waals surface area (Å²) >= 11 is 0. The first kappa shape index (κ1) is 18.6. The Morgan fingerprint density at radius 3 is 2.09 bits per heavy atom. The standard InChI is InChI=1S/C17H26O4Si/c1-5-12-20-22(21-13-6-2,14-19-17(18)15(3)4)16-10-8-7-9-11-16/h7-11H,3,5-6,12-14H2,1-2,4H3. The summed E-state index contributed by atoms with van der Waals surface area (Å²) in [6.45, 7) is 10.5. The fourth-order valence-corrected chi connectivity index (χ4v) is 4.72. The van der Waals surface area contributed by atoms with Crippen molar-refractivity contribution >= 4 is 19.7 Å². The smallest absolute Gasteiger partial charge is 0.411 e. The Kier molecular flexibility index (Phi) is 8.09. The minimum atomic E-state index is -2.81. The Hall–Kier alpha value is -1.43. The SMILES string of the molecule is C=C(C)C(=O)OC[Si](OCCC)(OCCC)c1ccccc1. The highest BCUT2D eigenvalue weighted by Crippen LogP contribution is 2.12. The van der Waals surface area contributed by atoms with Crippen molar-refractivity contribution < 1.29 is 18.4 Å². The van der Waals surface area contributed by atoms with E-state index in [1.807, 2.05) is 44.2 Å². The van der Waals surface area contributed by atoms with Crippen molar-refractivity contribution in [1.82, 2.24) is 0 Å². The fraction of sp³-hybridized carbons (Fsp3) is 0.471. The van der Waals surface area contributed by atoms with Crippen LogP contribution in [-0.4, -0.2) is 34.0 Å². The molecule has 5 heteroatoms. The first-order valence-corrected chi connectivity index (χ1v) is 9.74. The lowest BCUT2D eigenvalue weighted by Crippen LogP contribution is -2.58. The average Bonchev–Trinajstić information content (AvgIpc) is 2.55. The minimum absolute atomic E-state index is 0.142. The number of ether oxygens (including phenoxy) is 1. The molecule has 122 valence electrons. The van der Waals surface area contributed by atoms with Crippen LogP contribution < -0.4 is 5.19 Å². The van der Waals surface area contributed by atoms with E-state index >= 15 is 0 Å². The molecule has 0 bridgehead atoms. The van der Waals surface area contributed by atoms with Crippen molar-refractivity contribution in [3.05, 3.63) is 42.5 Å². The van der Waals surface area contributed by atoms with Gasteiger partial charge >= 0.3 is 14.5 Å². The number of hydrogen-bond donors (Lipinski definition) is 0. The maximum Gasteiger partial charge on any atom is 0.411 e. The van der Waals surface area contributed by atoms with Gasteiger partial charge in [-0.15, -0.1) is 0 Å². The summed E-state index contributed by atoms with van der Waals surface area (Å²) in [7, 11) is -2.81. The van der Waals surface area contributed by atoms with Crippen LogP contribution in [0.4, 0.5) is 0 Å². The molecule has 1 aromatic rings. The molecule has 0 aromatic heterocycles. The van der Waals surface area contributed by atoms with Gasteiger partial charge in [0, 0.05) is 18.8 Å². The summed E-state index contributed by atoms with van der Waals surface area (Å²) in [5, 5.41) is 0.978. The van der Waals surface area contributed by atoms with Crippen LogP contribution in [0.25, 0.3) is 0 Å². The third kappa shape index (κ3) is 5.40. The van der Waals surface area contributed by atoms with E-state index in [1.165, 1.54) is 0 Å². The molecule has 0 spiro atoms. The molecule has 0 amide bonds. The number of rotatable bonds is 10. The van der Waals surface area contributed by atoms with E-state index in [0.717, 1.165) is 18.0 Å². The molecule has 0 heterocycles. The van der Waals surface area contributed by atoms with Gasteiger partial charge in [0.25, 0.3) is 0 Å². The zero-order valence-electron chi connectivity index (χ0n) is 13.8. The number of carbonyl (C=O) groups is 1. The third-order valence-corrected chi connectivity index (χ3v) is 6.11. The van der Waals surface area contributed by atoms with E-state index in [2.05, 4.69) is 6.58 Å². The maximum absolute atomic E-state index is 11.8. The van der Waals surface area contributed by atoms with Crippen LogP contribution in [0.1, 0.15) is 33.6 Å². The van der Waals surface area contributed by atoms with E-state index in [0.29, 0.717) is 18.8 Å². The first-order chi connectivity index (χ1) is 10.6. The molecular formula is C17H26O4Si. The molecule has 0 aliphatic heterocycles. The van der Waals surface area contributed by atoms with Crippen molar-refractivity contribution in [2.24, 2.45) is 0 Å².